The van der Waals surface area contributed by atoms with E-state index < -0.39 is 0 Å². The molecule has 2 heteroatoms. The number of nitrogens with two attached hydrogens (primary N) is 1. The summed E-state index contributed by atoms with van der Waals surface area (Å²) in [5.41, 5.74) is 6.71. The maximum Gasteiger partial charge on any atom is 0.0905 e. The molecule has 0 fully saturated rings. The largest absolute Gasteiger partial charge is 0.388 e. The fourth-order valence-corrected chi connectivity index (χ4v) is 1.88. The molecule has 1 aromatic rings. The third-order valence-electron chi connectivity index (χ3n) is 2.66. The number of hydrogen-bond acceptors (Lipinski definition) is 1. The van der Waals surface area contributed by atoms with Crippen molar-refractivity contribution in [1.82, 2.24) is 0 Å². The molecule has 0 heterocycles. The smallest absolute Gasteiger partial charge is 0.0905 e. The average Bonchev–Trinajstić information content (AvgIpc) is 2.29. The molecule has 87 valence electrons. The Balaban J connectivity index is 2.51. The van der Waals surface area contributed by atoms with E-state index in [2.05, 4.69) is 31.2 Å². The summed E-state index contributed by atoms with van der Waals surface area (Å²) < 4.78 is 0. The highest BCUT2D eigenvalue weighted by Gasteiger charge is 2.10. The van der Waals surface area contributed by atoms with Gasteiger partial charge in [0.2, 0.25) is 0 Å². The van der Waals surface area contributed by atoms with Gasteiger partial charge in [-0.25, -0.2) is 0 Å². The van der Waals surface area contributed by atoms with Gasteiger partial charge in [0, 0.05) is 12.3 Å². The minimum atomic E-state index is 0.295. The number of amidine groups is 1. The zero-order valence-electron chi connectivity index (χ0n) is 10.00. The predicted octanol–water partition coefficient (Wildman–Crippen LogP) is 3.52. The summed E-state index contributed by atoms with van der Waals surface area (Å²) in [6, 6.07) is 10.5. The van der Waals surface area contributed by atoms with Crippen LogP contribution in [0.15, 0.2) is 30.3 Å². The summed E-state index contributed by atoms with van der Waals surface area (Å²) in [4.78, 5) is 0. The van der Waals surface area contributed by atoms with E-state index in [0.29, 0.717) is 12.3 Å². The molecule has 0 saturated heterocycles. The first-order valence-corrected chi connectivity index (χ1v) is 5.97. The lowest BCUT2D eigenvalue weighted by Gasteiger charge is -2.15. The normalized spacial score (nSPS) is 10.6. The Kier molecular flexibility index (Phi) is 5.62. The molecule has 0 amide bonds. The second-order valence-corrected chi connectivity index (χ2v) is 4.10. The van der Waals surface area contributed by atoms with Crippen molar-refractivity contribution in [2.75, 3.05) is 0 Å². The van der Waals surface area contributed by atoms with Gasteiger partial charge in [-0.15, -0.1) is 0 Å². The zero-order valence-corrected chi connectivity index (χ0v) is 10.00. The van der Waals surface area contributed by atoms with Gasteiger partial charge in [-0.3, -0.25) is 5.41 Å². The van der Waals surface area contributed by atoms with E-state index in [1.807, 2.05) is 6.07 Å². The second-order valence-electron chi connectivity index (χ2n) is 4.10. The standard InChI is InChI=1S/C14H21N2/c1-2-7-12(10-6-11-14(15)16)13-8-4-3-5-9-13/h3-5,8-9H,2,6-7,10-11H2,1H3,(H3,15,16). The van der Waals surface area contributed by atoms with Crippen LogP contribution in [-0.2, 0) is 0 Å². The van der Waals surface area contributed by atoms with Crippen LogP contribution in [0.4, 0.5) is 0 Å². The van der Waals surface area contributed by atoms with Crippen LogP contribution in [0.2, 0.25) is 0 Å². The fraction of sp³-hybridized carbons (Fsp3) is 0.429. The van der Waals surface area contributed by atoms with Crippen LogP contribution >= 0.6 is 0 Å². The molecule has 1 radical (unpaired) electrons. The molecule has 0 aliphatic heterocycles. The summed E-state index contributed by atoms with van der Waals surface area (Å²) >= 11 is 0. The van der Waals surface area contributed by atoms with Crippen molar-refractivity contribution < 1.29 is 0 Å². The Morgan fingerprint density at radius 1 is 1.12 bits per heavy atom. The van der Waals surface area contributed by atoms with Gasteiger partial charge in [0.25, 0.3) is 0 Å². The van der Waals surface area contributed by atoms with Crippen LogP contribution in [0.5, 0.6) is 0 Å². The van der Waals surface area contributed by atoms with Gasteiger partial charge < -0.3 is 5.73 Å². The van der Waals surface area contributed by atoms with Crippen molar-refractivity contribution in [2.45, 2.75) is 39.0 Å². The molecular formula is C14H21N2. The molecule has 0 aliphatic carbocycles. The summed E-state index contributed by atoms with van der Waals surface area (Å²) in [7, 11) is 0. The Labute approximate surface area is 98.4 Å². The van der Waals surface area contributed by atoms with Gasteiger partial charge in [0.05, 0.1) is 5.84 Å². The number of hydrogen-bond donors (Lipinski definition) is 2. The van der Waals surface area contributed by atoms with Crippen molar-refractivity contribution in [3.63, 3.8) is 0 Å². The van der Waals surface area contributed by atoms with Crippen LogP contribution < -0.4 is 5.73 Å². The summed E-state index contributed by atoms with van der Waals surface area (Å²) in [5, 5.41) is 7.21. The van der Waals surface area contributed by atoms with E-state index in [9.17, 15) is 0 Å². The highest BCUT2D eigenvalue weighted by Crippen LogP contribution is 2.25. The monoisotopic (exact) mass is 217 g/mol. The molecule has 0 aromatic heterocycles. The van der Waals surface area contributed by atoms with E-state index >= 15 is 0 Å². The third-order valence-corrected chi connectivity index (χ3v) is 2.66. The van der Waals surface area contributed by atoms with E-state index in [0.717, 1.165) is 19.3 Å². The van der Waals surface area contributed by atoms with Crippen LogP contribution in [0, 0.1) is 11.3 Å². The first kappa shape index (κ1) is 12.8. The maximum absolute atomic E-state index is 7.21. The second kappa shape index (κ2) is 7.04. The molecular weight excluding hydrogens is 196 g/mol. The molecule has 16 heavy (non-hydrogen) atoms. The maximum atomic E-state index is 7.21. The topological polar surface area (TPSA) is 49.9 Å². The Morgan fingerprint density at radius 3 is 2.38 bits per heavy atom. The van der Waals surface area contributed by atoms with Gasteiger partial charge in [0.1, 0.15) is 0 Å². The SMILES string of the molecule is CCC[C](CCCC(=N)N)c1ccccc1. The van der Waals surface area contributed by atoms with Gasteiger partial charge in [-0.2, -0.15) is 0 Å². The third kappa shape index (κ3) is 4.47. The predicted molar refractivity (Wildman–Crippen MR) is 69.5 cm³/mol. The number of benzene rings is 1. The first-order chi connectivity index (χ1) is 7.74. The minimum Gasteiger partial charge on any atom is -0.388 e. The fourth-order valence-electron chi connectivity index (χ4n) is 1.88. The van der Waals surface area contributed by atoms with Gasteiger partial charge in [0.15, 0.2) is 0 Å². The molecule has 0 atom stereocenters. The minimum absolute atomic E-state index is 0.295. The van der Waals surface area contributed by atoms with E-state index in [4.69, 9.17) is 11.1 Å². The van der Waals surface area contributed by atoms with E-state index in [-0.39, 0.29) is 0 Å². The van der Waals surface area contributed by atoms with Crippen molar-refractivity contribution in [2.24, 2.45) is 5.73 Å². The molecule has 3 N–H and O–H groups in total. The Morgan fingerprint density at radius 2 is 1.81 bits per heavy atom. The van der Waals surface area contributed by atoms with Crippen molar-refractivity contribution in [3.05, 3.63) is 41.8 Å². The summed E-state index contributed by atoms with van der Waals surface area (Å²) in [5.74, 6) is 1.79. The van der Waals surface area contributed by atoms with Crippen molar-refractivity contribution in [3.8, 4) is 0 Å². The van der Waals surface area contributed by atoms with Gasteiger partial charge in [-0.1, -0.05) is 43.7 Å². The lowest BCUT2D eigenvalue weighted by Crippen LogP contribution is -2.10. The molecule has 0 aliphatic rings. The quantitative estimate of drug-likeness (QED) is 0.533. The van der Waals surface area contributed by atoms with Crippen molar-refractivity contribution in [1.29, 1.82) is 5.41 Å². The molecule has 2 nitrogen and oxygen atoms in total. The van der Waals surface area contributed by atoms with Gasteiger partial charge in [-0.05, 0) is 24.8 Å². The Bertz CT molecular complexity index is 306. The van der Waals surface area contributed by atoms with Gasteiger partial charge >= 0.3 is 0 Å². The zero-order chi connectivity index (χ0) is 11.8. The van der Waals surface area contributed by atoms with E-state index in [1.54, 1.807) is 0 Å². The highest BCUT2D eigenvalue weighted by atomic mass is 14.7. The number of rotatable bonds is 7. The highest BCUT2D eigenvalue weighted by molar-refractivity contribution is 5.76. The molecule has 0 unspecified atom stereocenters. The average molecular weight is 217 g/mol. The molecule has 0 spiro atoms. The van der Waals surface area contributed by atoms with Crippen LogP contribution in [0.25, 0.3) is 0 Å². The Hall–Kier alpha value is -1.31. The van der Waals surface area contributed by atoms with Crippen LogP contribution in [0.1, 0.15) is 44.6 Å². The lowest BCUT2D eigenvalue weighted by molar-refractivity contribution is 0.703. The van der Waals surface area contributed by atoms with E-state index in [1.165, 1.54) is 17.9 Å². The molecule has 0 bridgehead atoms. The van der Waals surface area contributed by atoms with Crippen LogP contribution in [0.3, 0.4) is 0 Å². The summed E-state index contributed by atoms with van der Waals surface area (Å²) in [6.07, 6.45) is 5.06. The molecule has 1 aromatic carbocycles. The molecule has 1 rings (SSSR count). The summed E-state index contributed by atoms with van der Waals surface area (Å²) in [6.45, 7) is 2.20. The number of nitrogens with one attached hydrogen (secondary N) is 1. The van der Waals surface area contributed by atoms with Crippen molar-refractivity contribution >= 4 is 5.84 Å². The lowest BCUT2D eigenvalue weighted by atomic mass is 9.90. The molecule has 0 saturated carbocycles. The van der Waals surface area contributed by atoms with Crippen LogP contribution in [-0.4, -0.2) is 5.84 Å². The first-order valence-electron chi connectivity index (χ1n) is 5.97.